The van der Waals surface area contributed by atoms with Crippen molar-refractivity contribution in [3.63, 3.8) is 0 Å². The van der Waals surface area contributed by atoms with Crippen molar-refractivity contribution >= 4 is 11.6 Å². The molecule has 0 unspecified atom stereocenters. The van der Waals surface area contributed by atoms with Crippen LogP contribution in [0, 0.1) is 0 Å². The quantitative estimate of drug-likeness (QED) is 0.720. The minimum atomic E-state index is -0.393. The lowest BCUT2D eigenvalue weighted by molar-refractivity contribution is -0.121. The predicted octanol–water partition coefficient (Wildman–Crippen LogP) is 3.22. The summed E-state index contributed by atoms with van der Waals surface area (Å²) in [5.74, 6) is 2.01. The number of hydrogen-bond acceptors (Lipinski definition) is 5. The molecule has 0 aliphatic heterocycles. The number of carbonyl (C=O) groups is 1. The van der Waals surface area contributed by atoms with Gasteiger partial charge in [0.05, 0.1) is 20.8 Å². The van der Waals surface area contributed by atoms with Gasteiger partial charge in [-0.3, -0.25) is 4.79 Å². The van der Waals surface area contributed by atoms with Crippen molar-refractivity contribution in [2.75, 3.05) is 26.1 Å². The Kier molecular flexibility index (Phi) is 7.14. The van der Waals surface area contributed by atoms with Crippen LogP contribution < -0.4 is 24.8 Å². The zero-order valence-corrected chi connectivity index (χ0v) is 15.7. The zero-order valence-electron chi connectivity index (χ0n) is 15.7. The lowest BCUT2D eigenvalue weighted by Gasteiger charge is -2.17. The van der Waals surface area contributed by atoms with Crippen LogP contribution in [-0.2, 0) is 11.3 Å². The molecule has 2 rings (SSSR count). The average molecular weight is 358 g/mol. The van der Waals surface area contributed by atoms with Crippen LogP contribution in [0.2, 0.25) is 0 Å². The molecule has 26 heavy (non-hydrogen) atoms. The van der Waals surface area contributed by atoms with Crippen molar-refractivity contribution in [3.05, 3.63) is 48.0 Å². The Morgan fingerprint density at radius 1 is 1.04 bits per heavy atom. The number of ether oxygens (including phenoxy) is 3. The molecule has 2 aromatic rings. The first-order valence-electron chi connectivity index (χ1n) is 8.55. The summed E-state index contributed by atoms with van der Waals surface area (Å²) in [6.07, 6.45) is 0. The summed E-state index contributed by atoms with van der Waals surface area (Å²) in [5.41, 5.74) is 1.80. The topological polar surface area (TPSA) is 68.8 Å². The van der Waals surface area contributed by atoms with Crippen LogP contribution in [0.15, 0.2) is 42.5 Å². The van der Waals surface area contributed by atoms with Crippen LogP contribution in [0.4, 0.5) is 5.69 Å². The van der Waals surface area contributed by atoms with E-state index in [9.17, 15) is 4.79 Å². The van der Waals surface area contributed by atoms with Crippen LogP contribution in [-0.4, -0.2) is 32.8 Å². The van der Waals surface area contributed by atoms with Gasteiger partial charge in [-0.15, -0.1) is 0 Å². The summed E-state index contributed by atoms with van der Waals surface area (Å²) in [4.78, 5) is 12.3. The average Bonchev–Trinajstić information content (AvgIpc) is 2.67. The van der Waals surface area contributed by atoms with Gasteiger partial charge in [0.25, 0.3) is 0 Å². The Balaban J connectivity index is 1.91. The Morgan fingerprint density at radius 3 is 2.38 bits per heavy atom. The molecule has 140 valence electrons. The number of anilines is 1. The summed E-state index contributed by atoms with van der Waals surface area (Å²) in [6.45, 7) is 4.75. The molecule has 2 aromatic carbocycles. The van der Waals surface area contributed by atoms with Gasteiger partial charge in [0, 0.05) is 18.3 Å². The first-order chi connectivity index (χ1) is 12.6. The largest absolute Gasteiger partial charge is 0.497 e. The maximum Gasteiger partial charge on any atom is 0.242 e. The highest BCUT2D eigenvalue weighted by Gasteiger charge is 2.13. The number of methoxy groups -OCH3 is 2. The van der Waals surface area contributed by atoms with Gasteiger partial charge in [-0.05, 0) is 43.7 Å². The number of benzene rings is 2. The van der Waals surface area contributed by atoms with E-state index in [4.69, 9.17) is 14.2 Å². The molecule has 0 fully saturated rings. The molecule has 0 saturated heterocycles. The first kappa shape index (κ1) is 19.4. The van der Waals surface area contributed by atoms with Crippen LogP contribution in [0.25, 0.3) is 0 Å². The number of nitrogens with one attached hydrogen (secondary N) is 2. The van der Waals surface area contributed by atoms with E-state index < -0.39 is 6.04 Å². The summed E-state index contributed by atoms with van der Waals surface area (Å²) in [7, 11) is 3.21. The fourth-order valence-corrected chi connectivity index (χ4v) is 2.43. The van der Waals surface area contributed by atoms with E-state index >= 15 is 0 Å². The highest BCUT2D eigenvalue weighted by Crippen LogP contribution is 2.30. The molecule has 0 aliphatic carbocycles. The van der Waals surface area contributed by atoms with Crippen molar-refractivity contribution in [2.24, 2.45) is 0 Å². The van der Waals surface area contributed by atoms with Gasteiger partial charge in [-0.2, -0.15) is 0 Å². The highest BCUT2D eigenvalue weighted by atomic mass is 16.5. The molecule has 0 bridgehead atoms. The van der Waals surface area contributed by atoms with Crippen LogP contribution in [0.3, 0.4) is 0 Å². The Hall–Kier alpha value is -2.89. The van der Waals surface area contributed by atoms with Crippen molar-refractivity contribution in [3.8, 4) is 17.2 Å². The third kappa shape index (κ3) is 5.31. The summed E-state index contributed by atoms with van der Waals surface area (Å²) in [6, 6.07) is 12.7. The molecule has 0 spiro atoms. The van der Waals surface area contributed by atoms with Crippen LogP contribution in [0.5, 0.6) is 17.2 Å². The predicted molar refractivity (Wildman–Crippen MR) is 102 cm³/mol. The molecule has 1 atom stereocenters. The maximum atomic E-state index is 12.3. The number of hydrogen-bond donors (Lipinski definition) is 2. The van der Waals surface area contributed by atoms with Gasteiger partial charge in [0.15, 0.2) is 11.5 Å². The highest BCUT2D eigenvalue weighted by molar-refractivity contribution is 5.84. The number of amides is 1. The van der Waals surface area contributed by atoms with E-state index in [1.165, 1.54) is 0 Å². The minimum absolute atomic E-state index is 0.0892. The van der Waals surface area contributed by atoms with Gasteiger partial charge in [-0.25, -0.2) is 0 Å². The van der Waals surface area contributed by atoms with Crippen molar-refractivity contribution < 1.29 is 19.0 Å². The van der Waals surface area contributed by atoms with E-state index in [0.29, 0.717) is 24.7 Å². The van der Waals surface area contributed by atoms with Crippen LogP contribution >= 0.6 is 0 Å². The normalized spacial score (nSPS) is 11.4. The summed E-state index contributed by atoms with van der Waals surface area (Å²) < 4.78 is 16.0. The van der Waals surface area contributed by atoms with Gasteiger partial charge in [-0.1, -0.05) is 12.1 Å². The smallest absolute Gasteiger partial charge is 0.242 e. The van der Waals surface area contributed by atoms with Gasteiger partial charge < -0.3 is 24.8 Å². The van der Waals surface area contributed by atoms with E-state index in [1.54, 1.807) is 14.2 Å². The third-order valence-corrected chi connectivity index (χ3v) is 3.87. The van der Waals surface area contributed by atoms with E-state index in [-0.39, 0.29) is 5.91 Å². The summed E-state index contributed by atoms with van der Waals surface area (Å²) >= 11 is 0. The molecule has 0 aliphatic rings. The molecular weight excluding hydrogens is 332 g/mol. The second kappa shape index (κ2) is 9.56. The zero-order chi connectivity index (χ0) is 18.9. The Bertz CT molecular complexity index is 716. The standard InChI is InChI=1S/C20H26N2O4/c1-5-26-18-11-8-16(12-19(18)25-4)22-14(2)20(23)21-13-15-6-9-17(24-3)10-7-15/h6-12,14,22H,5,13H2,1-4H3,(H,21,23)/t14-/m0/s1. The fraction of sp³-hybridized carbons (Fsp3) is 0.350. The van der Waals surface area contributed by atoms with Crippen molar-refractivity contribution in [1.29, 1.82) is 0 Å². The second-order valence-electron chi connectivity index (χ2n) is 5.73. The molecule has 0 saturated carbocycles. The Morgan fingerprint density at radius 2 is 1.77 bits per heavy atom. The first-order valence-corrected chi connectivity index (χ1v) is 8.55. The van der Waals surface area contributed by atoms with Gasteiger partial charge in [0.1, 0.15) is 11.8 Å². The van der Waals surface area contributed by atoms with Gasteiger partial charge >= 0.3 is 0 Å². The summed E-state index contributed by atoms with van der Waals surface area (Å²) in [5, 5.41) is 6.09. The molecule has 6 heteroatoms. The molecule has 1 amide bonds. The molecule has 2 N–H and O–H groups in total. The van der Waals surface area contributed by atoms with Gasteiger partial charge in [0.2, 0.25) is 5.91 Å². The maximum absolute atomic E-state index is 12.3. The van der Waals surface area contributed by atoms with Crippen molar-refractivity contribution in [2.45, 2.75) is 26.4 Å². The molecule has 0 radical (unpaired) electrons. The van der Waals surface area contributed by atoms with E-state index in [0.717, 1.165) is 17.0 Å². The lowest BCUT2D eigenvalue weighted by atomic mass is 10.2. The van der Waals surface area contributed by atoms with Crippen molar-refractivity contribution in [1.82, 2.24) is 5.32 Å². The Labute approximate surface area is 154 Å². The monoisotopic (exact) mass is 358 g/mol. The van der Waals surface area contributed by atoms with E-state index in [1.807, 2.05) is 56.3 Å². The number of carbonyl (C=O) groups excluding carboxylic acids is 1. The van der Waals surface area contributed by atoms with Crippen LogP contribution in [0.1, 0.15) is 19.4 Å². The lowest BCUT2D eigenvalue weighted by Crippen LogP contribution is -2.37. The molecule has 0 aromatic heterocycles. The molecular formula is C20H26N2O4. The molecule has 0 heterocycles. The molecule has 6 nitrogen and oxygen atoms in total. The third-order valence-electron chi connectivity index (χ3n) is 3.87. The SMILES string of the molecule is CCOc1ccc(N[C@@H](C)C(=O)NCc2ccc(OC)cc2)cc1OC. The minimum Gasteiger partial charge on any atom is -0.497 e. The second-order valence-corrected chi connectivity index (χ2v) is 5.73. The number of rotatable bonds is 9. The van der Waals surface area contributed by atoms with E-state index in [2.05, 4.69) is 10.6 Å². The fourth-order valence-electron chi connectivity index (χ4n) is 2.43.